The van der Waals surface area contributed by atoms with E-state index in [0.717, 1.165) is 10.2 Å². The third-order valence-electron chi connectivity index (χ3n) is 5.17. The Labute approximate surface area is 175 Å². The Morgan fingerprint density at radius 1 is 1.37 bits per heavy atom. The van der Waals surface area contributed by atoms with E-state index >= 15 is 0 Å². The minimum Gasteiger partial charge on any atom is -0.365 e. The molecule has 0 saturated heterocycles. The van der Waals surface area contributed by atoms with E-state index in [2.05, 4.69) is 30.9 Å². The second kappa shape index (κ2) is 8.07. The first-order valence-corrected chi connectivity index (χ1v) is 10.3. The van der Waals surface area contributed by atoms with Gasteiger partial charge in [0.25, 0.3) is 11.8 Å². The van der Waals surface area contributed by atoms with E-state index in [1.54, 1.807) is 6.20 Å². The molecule has 3 aromatic rings. The number of rotatable bonds is 6. The van der Waals surface area contributed by atoms with Crippen molar-refractivity contribution in [2.24, 2.45) is 5.73 Å². The average molecular weight is 433 g/mol. The van der Waals surface area contributed by atoms with Crippen LogP contribution in [0.15, 0.2) is 29.9 Å². The minimum atomic E-state index is -2.83. The zero-order valence-electron chi connectivity index (χ0n) is 16.2. The number of aromatic nitrogens is 3. The molecular formula is C19H21F2N7OS. The molecule has 3 aromatic heterocycles. The van der Waals surface area contributed by atoms with Crippen LogP contribution in [-0.4, -0.2) is 45.9 Å². The molecule has 158 valence electrons. The maximum absolute atomic E-state index is 14.3. The van der Waals surface area contributed by atoms with Gasteiger partial charge in [0.2, 0.25) is 5.95 Å². The number of nitrogens with two attached hydrogens (primary N) is 1. The standard InChI is InChI=1S/C19H21F2N7OS/c1-23-14-12(5-2-6-19(14,20)21)27-18-25-8-11(15(22)29)16(28-18)26-13-9-30-17-10(13)4-3-7-24-17/h3-4,7-9,12,14,23H,2,5-6H2,1H3,(H2,22,29)(H2,25,26,27,28). The Balaban J connectivity index is 1.64. The Kier molecular flexibility index (Phi) is 5.48. The number of alkyl halides is 2. The summed E-state index contributed by atoms with van der Waals surface area (Å²) < 4.78 is 28.5. The molecule has 2 unspecified atom stereocenters. The smallest absolute Gasteiger partial charge is 0.265 e. The maximum atomic E-state index is 14.3. The summed E-state index contributed by atoms with van der Waals surface area (Å²) in [5, 5.41) is 11.5. The predicted octanol–water partition coefficient (Wildman–Crippen LogP) is 3.12. The van der Waals surface area contributed by atoms with E-state index in [-0.39, 0.29) is 23.8 Å². The Bertz CT molecular complexity index is 1070. The number of anilines is 3. The summed E-state index contributed by atoms with van der Waals surface area (Å²) in [5.74, 6) is -3.18. The van der Waals surface area contributed by atoms with Crippen LogP contribution in [0.4, 0.5) is 26.2 Å². The van der Waals surface area contributed by atoms with Gasteiger partial charge < -0.3 is 21.7 Å². The van der Waals surface area contributed by atoms with Crippen LogP contribution in [0.1, 0.15) is 29.6 Å². The number of carbonyl (C=O) groups is 1. The number of thiophene rings is 1. The van der Waals surface area contributed by atoms with Crippen LogP contribution >= 0.6 is 11.3 Å². The lowest BCUT2D eigenvalue weighted by atomic mass is 9.87. The zero-order chi connectivity index (χ0) is 21.3. The summed E-state index contributed by atoms with van der Waals surface area (Å²) >= 11 is 1.44. The fraction of sp³-hybridized carbons (Fsp3) is 0.368. The fourth-order valence-corrected chi connectivity index (χ4v) is 4.57. The zero-order valence-corrected chi connectivity index (χ0v) is 17.0. The Morgan fingerprint density at radius 2 is 2.20 bits per heavy atom. The second-order valence-electron chi connectivity index (χ2n) is 7.12. The number of hydrogen-bond donors (Lipinski definition) is 4. The summed E-state index contributed by atoms with van der Waals surface area (Å²) in [6.45, 7) is 0. The van der Waals surface area contributed by atoms with Gasteiger partial charge in [-0.2, -0.15) is 4.98 Å². The molecule has 1 saturated carbocycles. The van der Waals surface area contributed by atoms with Gasteiger partial charge in [0.15, 0.2) is 0 Å². The third kappa shape index (κ3) is 3.90. The summed E-state index contributed by atoms with van der Waals surface area (Å²) in [6, 6.07) is 2.10. The van der Waals surface area contributed by atoms with Crippen molar-refractivity contribution in [2.75, 3.05) is 17.7 Å². The van der Waals surface area contributed by atoms with Gasteiger partial charge in [-0.05, 0) is 32.0 Å². The van der Waals surface area contributed by atoms with Gasteiger partial charge in [-0.1, -0.05) is 0 Å². The number of nitrogens with one attached hydrogen (secondary N) is 3. The van der Waals surface area contributed by atoms with Gasteiger partial charge >= 0.3 is 0 Å². The molecule has 0 spiro atoms. The van der Waals surface area contributed by atoms with E-state index in [1.165, 1.54) is 24.6 Å². The van der Waals surface area contributed by atoms with E-state index in [0.29, 0.717) is 18.5 Å². The normalized spacial score (nSPS) is 20.8. The van der Waals surface area contributed by atoms with Gasteiger partial charge in [0.05, 0.1) is 17.8 Å². The molecule has 0 aromatic carbocycles. The molecule has 11 heteroatoms. The number of hydrogen-bond acceptors (Lipinski definition) is 8. The molecule has 30 heavy (non-hydrogen) atoms. The van der Waals surface area contributed by atoms with Crippen molar-refractivity contribution < 1.29 is 13.6 Å². The first-order chi connectivity index (χ1) is 14.4. The molecule has 8 nitrogen and oxygen atoms in total. The number of pyridine rings is 1. The Hall–Kier alpha value is -2.92. The van der Waals surface area contributed by atoms with Crippen molar-refractivity contribution in [3.05, 3.63) is 35.5 Å². The van der Waals surface area contributed by atoms with E-state index in [4.69, 9.17) is 5.73 Å². The van der Waals surface area contributed by atoms with Crippen LogP contribution in [0.3, 0.4) is 0 Å². The lowest BCUT2D eigenvalue weighted by Crippen LogP contribution is -2.56. The van der Waals surface area contributed by atoms with Gasteiger partial charge in [0.1, 0.15) is 16.2 Å². The highest BCUT2D eigenvalue weighted by Gasteiger charge is 2.46. The highest BCUT2D eigenvalue weighted by Crippen LogP contribution is 2.35. The van der Waals surface area contributed by atoms with Gasteiger partial charge in [-0.15, -0.1) is 11.3 Å². The summed E-state index contributed by atoms with van der Waals surface area (Å²) in [5.41, 5.74) is 6.29. The van der Waals surface area contributed by atoms with Crippen LogP contribution in [0.5, 0.6) is 0 Å². The lowest BCUT2D eigenvalue weighted by Gasteiger charge is -2.38. The van der Waals surface area contributed by atoms with Crippen molar-refractivity contribution in [3.63, 3.8) is 0 Å². The molecule has 0 bridgehead atoms. The highest BCUT2D eigenvalue weighted by atomic mass is 32.1. The number of carbonyl (C=O) groups excluding carboxylic acids is 1. The molecule has 1 fully saturated rings. The minimum absolute atomic E-state index is 0.0999. The average Bonchev–Trinajstić information content (AvgIpc) is 3.10. The lowest BCUT2D eigenvalue weighted by molar-refractivity contribution is -0.0654. The Morgan fingerprint density at radius 3 is 2.97 bits per heavy atom. The first-order valence-electron chi connectivity index (χ1n) is 9.47. The molecule has 2 atom stereocenters. The van der Waals surface area contributed by atoms with Crippen molar-refractivity contribution in [1.29, 1.82) is 0 Å². The van der Waals surface area contributed by atoms with E-state index in [1.807, 2.05) is 17.5 Å². The number of fused-ring (bicyclic) bond motifs is 1. The van der Waals surface area contributed by atoms with E-state index in [9.17, 15) is 13.6 Å². The molecule has 1 amide bonds. The van der Waals surface area contributed by atoms with Crippen LogP contribution < -0.4 is 21.7 Å². The number of halogens is 2. The quantitative estimate of drug-likeness (QED) is 0.472. The predicted molar refractivity (Wildman–Crippen MR) is 113 cm³/mol. The van der Waals surface area contributed by atoms with Gasteiger partial charge in [-0.25, -0.2) is 18.7 Å². The topological polar surface area (TPSA) is 118 Å². The van der Waals surface area contributed by atoms with Gasteiger partial charge in [-0.3, -0.25) is 4.79 Å². The van der Waals surface area contributed by atoms with Crippen LogP contribution in [-0.2, 0) is 0 Å². The molecule has 1 aliphatic carbocycles. The maximum Gasteiger partial charge on any atom is 0.265 e. The summed E-state index contributed by atoms with van der Waals surface area (Å²) in [7, 11) is 1.51. The van der Waals surface area contributed by atoms with Crippen LogP contribution in [0, 0.1) is 0 Å². The summed E-state index contributed by atoms with van der Waals surface area (Å²) in [4.78, 5) is 25.5. The fourth-order valence-electron chi connectivity index (χ4n) is 3.73. The SMILES string of the molecule is CNC1C(Nc2ncc(C(N)=O)c(Nc3csc4ncccc34)n2)CCCC1(F)F. The van der Waals surface area contributed by atoms with Crippen molar-refractivity contribution in [3.8, 4) is 0 Å². The molecule has 4 rings (SSSR count). The molecular weight excluding hydrogens is 412 g/mol. The summed E-state index contributed by atoms with van der Waals surface area (Å²) in [6.07, 6.45) is 3.77. The van der Waals surface area contributed by atoms with Crippen molar-refractivity contribution >= 4 is 44.9 Å². The number of primary amides is 1. The van der Waals surface area contributed by atoms with Crippen LogP contribution in [0.2, 0.25) is 0 Å². The number of likely N-dealkylation sites (N-methyl/N-ethyl adjacent to an activating group) is 1. The third-order valence-corrected chi connectivity index (χ3v) is 6.07. The highest BCUT2D eigenvalue weighted by molar-refractivity contribution is 7.17. The molecule has 5 N–H and O–H groups in total. The largest absolute Gasteiger partial charge is 0.365 e. The molecule has 3 heterocycles. The molecule has 1 aliphatic rings. The molecule has 0 aliphatic heterocycles. The van der Waals surface area contributed by atoms with Gasteiger partial charge in [0, 0.05) is 29.6 Å². The molecule has 0 radical (unpaired) electrons. The number of amides is 1. The monoisotopic (exact) mass is 433 g/mol. The second-order valence-corrected chi connectivity index (χ2v) is 7.98. The van der Waals surface area contributed by atoms with Crippen LogP contribution in [0.25, 0.3) is 10.2 Å². The van der Waals surface area contributed by atoms with Crippen molar-refractivity contribution in [1.82, 2.24) is 20.3 Å². The van der Waals surface area contributed by atoms with Crippen molar-refractivity contribution in [2.45, 2.75) is 37.3 Å². The first kappa shape index (κ1) is 20.4. The number of nitrogens with zero attached hydrogens (tertiary/aromatic N) is 3. The van der Waals surface area contributed by atoms with E-state index < -0.39 is 23.9 Å².